The zero-order valence-electron chi connectivity index (χ0n) is 16.3. The van der Waals surface area contributed by atoms with Gasteiger partial charge >= 0.3 is 0 Å². The molecule has 4 rings (SSSR count). The Morgan fingerprint density at radius 3 is 2.50 bits per heavy atom. The molecule has 0 spiro atoms. The van der Waals surface area contributed by atoms with Crippen molar-refractivity contribution >= 4 is 32.6 Å². The van der Waals surface area contributed by atoms with Gasteiger partial charge in [0.05, 0.1) is 16.8 Å². The van der Waals surface area contributed by atoms with Gasteiger partial charge in [0, 0.05) is 39.8 Å². The third-order valence-electron chi connectivity index (χ3n) is 5.27. The van der Waals surface area contributed by atoms with Crippen LogP contribution in [0.4, 0.5) is 5.13 Å². The van der Waals surface area contributed by atoms with Crippen LogP contribution in [0.3, 0.4) is 0 Å². The van der Waals surface area contributed by atoms with Gasteiger partial charge in [-0.3, -0.25) is 9.69 Å². The minimum absolute atomic E-state index is 0.185. The number of anilines is 1. The Morgan fingerprint density at radius 1 is 1.04 bits per heavy atom. The van der Waals surface area contributed by atoms with Crippen LogP contribution in [0.2, 0.25) is 0 Å². The number of carbonyl (C=O) groups is 1. The minimum atomic E-state index is 0.185. The Hall–Kier alpha value is -2.44. The van der Waals surface area contributed by atoms with Crippen molar-refractivity contribution in [3.05, 3.63) is 60.2 Å². The molecule has 3 aromatic rings. The number of hydrogen-bond donors (Lipinski definition) is 0. The van der Waals surface area contributed by atoms with Crippen molar-refractivity contribution < 1.29 is 4.79 Å². The highest BCUT2D eigenvalue weighted by Crippen LogP contribution is 2.27. The Morgan fingerprint density at radius 2 is 1.75 bits per heavy atom. The quantitative estimate of drug-likeness (QED) is 0.644. The topological polar surface area (TPSA) is 39.7 Å². The van der Waals surface area contributed by atoms with E-state index in [2.05, 4.69) is 46.3 Å². The lowest BCUT2D eigenvalue weighted by atomic mass is 10.1. The van der Waals surface area contributed by atoms with Crippen molar-refractivity contribution in [2.75, 3.05) is 51.2 Å². The molecule has 2 aromatic carbocycles. The number of thiazole rings is 1. The molecule has 5 nitrogen and oxygen atoms in total. The molecular weight excluding hydrogens is 368 g/mol. The van der Waals surface area contributed by atoms with Crippen LogP contribution >= 0.6 is 11.3 Å². The Labute approximate surface area is 170 Å². The summed E-state index contributed by atoms with van der Waals surface area (Å²) >= 11 is 1.63. The Kier molecular flexibility index (Phi) is 5.88. The van der Waals surface area contributed by atoms with E-state index >= 15 is 0 Å². The standard InChI is InChI=1S/C22H26N4OS/c1-24(22-23-19-9-5-6-10-20(19)28-22)17-21(27)26-15-13-25(14-16-26)12-11-18-7-3-2-4-8-18/h2-10H,11-17H2,1H3. The second-order valence-corrected chi connectivity index (χ2v) is 8.29. The third-order valence-corrected chi connectivity index (χ3v) is 6.42. The van der Waals surface area contributed by atoms with E-state index in [1.165, 1.54) is 5.56 Å². The summed E-state index contributed by atoms with van der Waals surface area (Å²) in [7, 11) is 1.95. The average molecular weight is 395 g/mol. The number of nitrogens with zero attached hydrogens (tertiary/aromatic N) is 4. The predicted octanol–water partition coefficient (Wildman–Crippen LogP) is 3.12. The second-order valence-electron chi connectivity index (χ2n) is 7.28. The van der Waals surface area contributed by atoms with Crippen LogP contribution in [0.5, 0.6) is 0 Å². The van der Waals surface area contributed by atoms with Crippen molar-refractivity contribution in [1.82, 2.24) is 14.8 Å². The molecule has 28 heavy (non-hydrogen) atoms. The van der Waals surface area contributed by atoms with Gasteiger partial charge < -0.3 is 9.80 Å². The highest BCUT2D eigenvalue weighted by atomic mass is 32.1. The zero-order valence-corrected chi connectivity index (χ0v) is 17.1. The van der Waals surface area contributed by atoms with Crippen LogP contribution in [-0.2, 0) is 11.2 Å². The van der Waals surface area contributed by atoms with E-state index in [1.807, 2.05) is 35.0 Å². The highest BCUT2D eigenvalue weighted by Gasteiger charge is 2.22. The SMILES string of the molecule is CN(CC(=O)N1CCN(CCc2ccccc2)CC1)c1nc2ccccc2s1. The zero-order chi connectivity index (χ0) is 19.3. The summed E-state index contributed by atoms with van der Waals surface area (Å²) < 4.78 is 1.16. The molecule has 1 fully saturated rings. The fourth-order valence-electron chi connectivity index (χ4n) is 3.55. The maximum absolute atomic E-state index is 12.7. The monoisotopic (exact) mass is 394 g/mol. The van der Waals surface area contributed by atoms with Gasteiger partial charge in [-0.2, -0.15) is 0 Å². The molecule has 1 aliphatic heterocycles. The first-order valence-corrected chi connectivity index (χ1v) is 10.6. The maximum atomic E-state index is 12.7. The van der Waals surface area contributed by atoms with Crippen molar-refractivity contribution in [2.24, 2.45) is 0 Å². The average Bonchev–Trinajstić information content (AvgIpc) is 3.18. The summed E-state index contributed by atoms with van der Waals surface area (Å²) in [5.74, 6) is 0.185. The number of amides is 1. The summed E-state index contributed by atoms with van der Waals surface area (Å²) in [4.78, 5) is 23.8. The first-order chi connectivity index (χ1) is 13.7. The van der Waals surface area contributed by atoms with E-state index in [9.17, 15) is 4.79 Å². The molecule has 1 aliphatic rings. The van der Waals surface area contributed by atoms with E-state index in [1.54, 1.807) is 11.3 Å². The summed E-state index contributed by atoms with van der Waals surface area (Å²) in [6, 6.07) is 18.7. The number of hydrogen-bond acceptors (Lipinski definition) is 5. The van der Waals surface area contributed by atoms with Crippen LogP contribution in [0.25, 0.3) is 10.2 Å². The molecule has 6 heteroatoms. The number of aromatic nitrogens is 1. The molecule has 146 valence electrons. The van der Waals surface area contributed by atoms with Crippen LogP contribution in [0, 0.1) is 0 Å². The van der Waals surface area contributed by atoms with E-state index in [0.717, 1.165) is 54.5 Å². The summed E-state index contributed by atoms with van der Waals surface area (Å²) in [5.41, 5.74) is 2.37. The third kappa shape index (κ3) is 4.51. The van der Waals surface area contributed by atoms with Gasteiger partial charge in [-0.1, -0.05) is 53.8 Å². The molecule has 0 radical (unpaired) electrons. The molecule has 2 heterocycles. The normalized spacial score (nSPS) is 15.1. The molecule has 0 unspecified atom stereocenters. The highest BCUT2D eigenvalue weighted by molar-refractivity contribution is 7.22. The van der Waals surface area contributed by atoms with Gasteiger partial charge in [0.15, 0.2) is 5.13 Å². The lowest BCUT2D eigenvalue weighted by Gasteiger charge is -2.35. The van der Waals surface area contributed by atoms with Crippen LogP contribution in [-0.4, -0.2) is 67.0 Å². The lowest BCUT2D eigenvalue weighted by molar-refractivity contribution is -0.131. The largest absolute Gasteiger partial charge is 0.342 e. The lowest BCUT2D eigenvalue weighted by Crippen LogP contribution is -2.51. The maximum Gasteiger partial charge on any atom is 0.242 e. The molecule has 0 bridgehead atoms. The van der Waals surface area contributed by atoms with Gasteiger partial charge in [0.25, 0.3) is 0 Å². The molecular formula is C22H26N4OS. The second kappa shape index (κ2) is 8.71. The molecule has 0 atom stereocenters. The molecule has 1 amide bonds. The number of fused-ring (bicyclic) bond motifs is 1. The number of benzene rings is 2. The van der Waals surface area contributed by atoms with E-state index in [-0.39, 0.29) is 5.91 Å². The van der Waals surface area contributed by atoms with Crippen molar-refractivity contribution in [2.45, 2.75) is 6.42 Å². The number of para-hydroxylation sites is 1. The van der Waals surface area contributed by atoms with Gasteiger partial charge in [-0.05, 0) is 24.1 Å². The first-order valence-electron chi connectivity index (χ1n) is 9.80. The van der Waals surface area contributed by atoms with Crippen LogP contribution in [0.15, 0.2) is 54.6 Å². The smallest absolute Gasteiger partial charge is 0.242 e. The number of rotatable bonds is 6. The first kappa shape index (κ1) is 18.9. The Balaban J connectivity index is 1.25. The number of likely N-dealkylation sites (N-methyl/N-ethyl adjacent to an activating group) is 1. The molecule has 0 N–H and O–H groups in total. The number of carbonyl (C=O) groups excluding carboxylic acids is 1. The number of piperazine rings is 1. The summed E-state index contributed by atoms with van der Waals surface area (Å²) in [5, 5.41) is 0.899. The predicted molar refractivity (Wildman–Crippen MR) is 116 cm³/mol. The summed E-state index contributed by atoms with van der Waals surface area (Å²) in [6.45, 7) is 4.94. The van der Waals surface area contributed by atoms with E-state index < -0.39 is 0 Å². The van der Waals surface area contributed by atoms with Gasteiger partial charge in [-0.25, -0.2) is 4.98 Å². The van der Waals surface area contributed by atoms with Crippen LogP contribution in [0.1, 0.15) is 5.56 Å². The van der Waals surface area contributed by atoms with Gasteiger partial charge in [0.1, 0.15) is 0 Å². The fraction of sp³-hybridized carbons (Fsp3) is 0.364. The fourth-order valence-corrected chi connectivity index (χ4v) is 4.47. The minimum Gasteiger partial charge on any atom is -0.342 e. The van der Waals surface area contributed by atoms with Crippen molar-refractivity contribution in [1.29, 1.82) is 0 Å². The van der Waals surface area contributed by atoms with Crippen molar-refractivity contribution in [3.8, 4) is 0 Å². The molecule has 0 saturated carbocycles. The van der Waals surface area contributed by atoms with E-state index in [0.29, 0.717) is 6.54 Å². The molecule has 1 aromatic heterocycles. The molecule has 1 saturated heterocycles. The Bertz CT molecular complexity index is 885. The molecule has 0 aliphatic carbocycles. The van der Waals surface area contributed by atoms with Crippen LogP contribution < -0.4 is 4.90 Å². The van der Waals surface area contributed by atoms with Gasteiger partial charge in [-0.15, -0.1) is 0 Å². The van der Waals surface area contributed by atoms with E-state index in [4.69, 9.17) is 0 Å². The van der Waals surface area contributed by atoms with Crippen molar-refractivity contribution in [3.63, 3.8) is 0 Å². The summed E-state index contributed by atoms with van der Waals surface area (Å²) in [6.07, 6.45) is 1.06. The van der Waals surface area contributed by atoms with Gasteiger partial charge in [0.2, 0.25) is 5.91 Å².